The number of benzene rings is 2. The normalized spacial score (nSPS) is 10.3. The van der Waals surface area contributed by atoms with Crippen molar-refractivity contribution in [2.45, 2.75) is 26.2 Å². The molecule has 7 heteroatoms. The zero-order valence-corrected chi connectivity index (χ0v) is 17.0. The summed E-state index contributed by atoms with van der Waals surface area (Å²) in [4.78, 5) is 34.6. The average Bonchev–Trinajstić information content (AvgIpc) is 2.71. The lowest BCUT2D eigenvalue weighted by molar-refractivity contribution is -0.148. The smallest absolute Gasteiger partial charge is 0.306 e. The van der Waals surface area contributed by atoms with E-state index in [0.29, 0.717) is 42.3 Å². The summed E-state index contributed by atoms with van der Waals surface area (Å²) in [5.74, 6) is -0.167. The molecule has 0 atom stereocenters. The van der Waals surface area contributed by atoms with E-state index in [1.807, 2.05) is 12.1 Å². The van der Waals surface area contributed by atoms with Crippen LogP contribution in [-0.2, 0) is 20.7 Å². The Morgan fingerprint density at radius 3 is 2.34 bits per heavy atom. The van der Waals surface area contributed by atoms with Crippen LogP contribution in [-0.4, -0.2) is 37.4 Å². The van der Waals surface area contributed by atoms with Gasteiger partial charge in [0, 0.05) is 23.6 Å². The Hall–Kier alpha value is -2.86. The second-order valence-corrected chi connectivity index (χ2v) is 6.86. The van der Waals surface area contributed by atoms with Crippen molar-refractivity contribution in [1.29, 1.82) is 0 Å². The lowest BCUT2D eigenvalue weighted by atomic mass is 10.1. The lowest BCUT2D eigenvalue weighted by Crippen LogP contribution is -2.30. The molecule has 0 aromatic heterocycles. The van der Waals surface area contributed by atoms with Gasteiger partial charge in [-0.15, -0.1) is 0 Å². The zero-order valence-electron chi connectivity index (χ0n) is 16.3. The molecule has 2 aromatic rings. The number of hydrogen-bond acceptors (Lipinski definition) is 5. The number of halogens is 1. The first-order valence-corrected chi connectivity index (χ1v) is 9.72. The van der Waals surface area contributed by atoms with Gasteiger partial charge in [-0.1, -0.05) is 23.7 Å². The largest absolute Gasteiger partial charge is 0.494 e. The molecule has 2 rings (SSSR count). The lowest BCUT2D eigenvalue weighted by Gasteiger charge is -2.08. The number of carbonyl (C=O) groups excluding carboxylic acids is 3. The number of carbonyl (C=O) groups is 3. The van der Waals surface area contributed by atoms with Gasteiger partial charge in [0.25, 0.3) is 5.91 Å². The highest BCUT2D eigenvalue weighted by Crippen LogP contribution is 2.13. The van der Waals surface area contributed by atoms with E-state index in [0.717, 1.165) is 5.56 Å². The van der Waals surface area contributed by atoms with Gasteiger partial charge >= 0.3 is 5.97 Å². The van der Waals surface area contributed by atoms with Crippen LogP contribution in [0, 0.1) is 0 Å². The summed E-state index contributed by atoms with van der Waals surface area (Å²) in [7, 11) is 0. The first-order chi connectivity index (χ1) is 13.9. The van der Waals surface area contributed by atoms with Crippen molar-refractivity contribution in [2.75, 3.05) is 19.8 Å². The van der Waals surface area contributed by atoms with Gasteiger partial charge in [0.2, 0.25) is 0 Å². The summed E-state index contributed by atoms with van der Waals surface area (Å²) in [6.07, 6.45) is 1.29. The predicted octanol–water partition coefficient (Wildman–Crippen LogP) is 3.60. The summed E-state index contributed by atoms with van der Waals surface area (Å²) < 4.78 is 10.5. The van der Waals surface area contributed by atoms with E-state index in [1.54, 1.807) is 36.4 Å². The van der Waals surface area contributed by atoms with Gasteiger partial charge in [-0.05, 0) is 61.7 Å². The van der Waals surface area contributed by atoms with E-state index >= 15 is 0 Å². The molecular formula is C22H24ClNO5. The average molecular weight is 418 g/mol. The SMILES string of the molecule is CC(=O)c1ccc(OCCCC(=O)OCC(=O)NCCc2ccc(Cl)cc2)cc1. The standard InChI is InChI=1S/C22H24ClNO5/c1-16(25)18-6-10-20(11-7-18)28-14-2-3-22(27)29-15-21(26)24-13-12-17-4-8-19(23)9-5-17/h4-11H,2-3,12-15H2,1H3,(H,24,26). The monoisotopic (exact) mass is 417 g/mol. The topological polar surface area (TPSA) is 81.7 Å². The van der Waals surface area contributed by atoms with Gasteiger partial charge in [-0.2, -0.15) is 0 Å². The number of ketones is 1. The molecule has 0 aliphatic carbocycles. The first kappa shape index (κ1) is 22.4. The number of esters is 1. The first-order valence-electron chi connectivity index (χ1n) is 9.34. The second-order valence-electron chi connectivity index (χ2n) is 6.42. The van der Waals surface area contributed by atoms with Crippen LogP contribution in [0.25, 0.3) is 0 Å². The van der Waals surface area contributed by atoms with Gasteiger partial charge in [-0.3, -0.25) is 14.4 Å². The van der Waals surface area contributed by atoms with Gasteiger partial charge in [-0.25, -0.2) is 0 Å². The van der Waals surface area contributed by atoms with Crippen LogP contribution in [0.4, 0.5) is 0 Å². The van der Waals surface area contributed by atoms with Gasteiger partial charge in [0.05, 0.1) is 6.61 Å². The highest BCUT2D eigenvalue weighted by Gasteiger charge is 2.08. The Morgan fingerprint density at radius 1 is 1.00 bits per heavy atom. The fourth-order valence-electron chi connectivity index (χ4n) is 2.46. The quantitative estimate of drug-likeness (QED) is 0.343. The Balaban J connectivity index is 1.54. The molecule has 154 valence electrons. The van der Waals surface area contributed by atoms with Crippen molar-refractivity contribution in [1.82, 2.24) is 5.32 Å². The van der Waals surface area contributed by atoms with Crippen LogP contribution in [0.15, 0.2) is 48.5 Å². The molecule has 0 radical (unpaired) electrons. The van der Waals surface area contributed by atoms with Crippen LogP contribution in [0.2, 0.25) is 5.02 Å². The highest BCUT2D eigenvalue weighted by atomic mass is 35.5. The Morgan fingerprint density at radius 2 is 1.69 bits per heavy atom. The molecule has 0 spiro atoms. The van der Waals surface area contributed by atoms with Crippen LogP contribution in [0.1, 0.15) is 35.7 Å². The van der Waals surface area contributed by atoms with E-state index in [4.69, 9.17) is 21.1 Å². The number of hydrogen-bond donors (Lipinski definition) is 1. The minimum atomic E-state index is -0.451. The van der Waals surface area contributed by atoms with Crippen molar-refractivity contribution in [2.24, 2.45) is 0 Å². The van der Waals surface area contributed by atoms with E-state index in [1.165, 1.54) is 6.92 Å². The number of Topliss-reactive ketones (excluding diaryl/α,β-unsaturated/α-hetero) is 1. The number of ether oxygens (including phenoxy) is 2. The minimum Gasteiger partial charge on any atom is -0.494 e. The van der Waals surface area contributed by atoms with Crippen LogP contribution < -0.4 is 10.1 Å². The van der Waals surface area contributed by atoms with Gasteiger partial charge in [0.1, 0.15) is 5.75 Å². The number of nitrogens with one attached hydrogen (secondary N) is 1. The molecule has 29 heavy (non-hydrogen) atoms. The molecule has 1 amide bonds. The van der Waals surface area contributed by atoms with Gasteiger partial charge < -0.3 is 14.8 Å². The number of amides is 1. The van der Waals surface area contributed by atoms with Crippen LogP contribution in [0.3, 0.4) is 0 Å². The predicted molar refractivity (Wildman–Crippen MR) is 110 cm³/mol. The number of rotatable bonds is 11. The van der Waals surface area contributed by atoms with Crippen molar-refractivity contribution < 1.29 is 23.9 Å². The molecule has 0 saturated carbocycles. The third kappa shape index (κ3) is 8.79. The molecule has 0 aliphatic rings. The maximum atomic E-state index is 11.7. The van der Waals surface area contributed by atoms with Crippen molar-refractivity contribution in [3.8, 4) is 5.75 Å². The Kier molecular flexibility index (Phi) is 9.18. The molecule has 1 N–H and O–H groups in total. The summed E-state index contributed by atoms with van der Waals surface area (Å²) in [6, 6.07) is 14.2. The fraction of sp³-hybridized carbons (Fsp3) is 0.318. The van der Waals surface area contributed by atoms with E-state index in [-0.39, 0.29) is 24.7 Å². The summed E-state index contributed by atoms with van der Waals surface area (Å²) in [5, 5.41) is 3.37. The Labute approximate surface area is 175 Å². The molecule has 0 bridgehead atoms. The maximum absolute atomic E-state index is 11.7. The molecular weight excluding hydrogens is 394 g/mol. The van der Waals surface area contributed by atoms with E-state index in [9.17, 15) is 14.4 Å². The van der Waals surface area contributed by atoms with Crippen molar-refractivity contribution in [3.05, 3.63) is 64.7 Å². The van der Waals surface area contributed by atoms with Crippen molar-refractivity contribution >= 4 is 29.3 Å². The van der Waals surface area contributed by atoms with Crippen LogP contribution in [0.5, 0.6) is 5.75 Å². The van der Waals surface area contributed by atoms with Crippen LogP contribution >= 0.6 is 11.6 Å². The molecule has 0 saturated heterocycles. The highest BCUT2D eigenvalue weighted by molar-refractivity contribution is 6.30. The van der Waals surface area contributed by atoms with Crippen molar-refractivity contribution in [3.63, 3.8) is 0 Å². The Bertz CT molecular complexity index is 818. The third-order valence-electron chi connectivity index (χ3n) is 4.07. The second kappa shape index (κ2) is 11.9. The van der Waals surface area contributed by atoms with E-state index < -0.39 is 5.97 Å². The van der Waals surface area contributed by atoms with Gasteiger partial charge in [0.15, 0.2) is 12.4 Å². The third-order valence-corrected chi connectivity index (χ3v) is 4.32. The fourth-order valence-corrected chi connectivity index (χ4v) is 2.58. The molecule has 2 aromatic carbocycles. The molecule has 0 aliphatic heterocycles. The summed E-state index contributed by atoms with van der Waals surface area (Å²) in [5.41, 5.74) is 1.68. The summed E-state index contributed by atoms with van der Waals surface area (Å²) >= 11 is 5.82. The molecule has 0 heterocycles. The molecule has 0 unspecified atom stereocenters. The molecule has 6 nitrogen and oxygen atoms in total. The zero-order chi connectivity index (χ0) is 21.1. The summed E-state index contributed by atoms with van der Waals surface area (Å²) in [6.45, 7) is 1.99. The maximum Gasteiger partial charge on any atom is 0.306 e. The van der Waals surface area contributed by atoms with E-state index in [2.05, 4.69) is 5.32 Å². The minimum absolute atomic E-state index is 0.00619. The molecule has 0 fully saturated rings.